The summed E-state index contributed by atoms with van der Waals surface area (Å²) in [5.74, 6) is 0.0414. The SMILES string of the molecule is CC(C)C(CC(=O)O)NC(=O)CSCc1cccc(Cl)c1. The van der Waals surface area contributed by atoms with Gasteiger partial charge >= 0.3 is 5.97 Å². The Kier molecular flexibility index (Phi) is 7.61. The number of carbonyl (C=O) groups excluding carboxylic acids is 1. The van der Waals surface area contributed by atoms with E-state index >= 15 is 0 Å². The number of halogens is 1. The Morgan fingerprint density at radius 3 is 2.67 bits per heavy atom. The fourth-order valence-electron chi connectivity index (χ4n) is 1.78. The molecule has 1 amide bonds. The van der Waals surface area contributed by atoms with Gasteiger partial charge in [-0.15, -0.1) is 11.8 Å². The predicted molar refractivity (Wildman–Crippen MR) is 86.6 cm³/mol. The van der Waals surface area contributed by atoms with Gasteiger partial charge in [-0.25, -0.2) is 0 Å². The van der Waals surface area contributed by atoms with Gasteiger partial charge in [0.25, 0.3) is 0 Å². The minimum absolute atomic E-state index is 0.0532. The van der Waals surface area contributed by atoms with Crippen LogP contribution < -0.4 is 5.32 Å². The summed E-state index contributed by atoms with van der Waals surface area (Å²) in [4.78, 5) is 22.6. The van der Waals surface area contributed by atoms with Gasteiger partial charge in [0.1, 0.15) is 0 Å². The molecule has 0 heterocycles. The van der Waals surface area contributed by atoms with Gasteiger partial charge in [-0.05, 0) is 23.6 Å². The summed E-state index contributed by atoms with van der Waals surface area (Å²) in [6, 6.07) is 7.18. The van der Waals surface area contributed by atoms with E-state index in [0.717, 1.165) is 5.56 Å². The maximum atomic E-state index is 11.8. The summed E-state index contributed by atoms with van der Waals surface area (Å²) in [6.07, 6.45) is -0.0532. The Bertz CT molecular complexity index is 494. The van der Waals surface area contributed by atoms with Crippen LogP contribution in [0, 0.1) is 5.92 Å². The second kappa shape index (κ2) is 8.95. The van der Waals surface area contributed by atoms with Crippen LogP contribution in [-0.4, -0.2) is 28.8 Å². The van der Waals surface area contributed by atoms with Crippen LogP contribution in [0.25, 0.3) is 0 Å². The fourth-order valence-corrected chi connectivity index (χ4v) is 2.78. The highest BCUT2D eigenvalue weighted by atomic mass is 35.5. The topological polar surface area (TPSA) is 66.4 Å². The van der Waals surface area contributed by atoms with Crippen LogP contribution >= 0.6 is 23.4 Å². The van der Waals surface area contributed by atoms with E-state index in [1.165, 1.54) is 11.8 Å². The molecule has 0 spiro atoms. The van der Waals surface area contributed by atoms with Gasteiger partial charge in [-0.3, -0.25) is 9.59 Å². The van der Waals surface area contributed by atoms with Gasteiger partial charge in [0.2, 0.25) is 5.91 Å². The molecule has 116 valence electrons. The Hall–Kier alpha value is -1.20. The third kappa shape index (κ3) is 7.39. The summed E-state index contributed by atoms with van der Waals surface area (Å²) >= 11 is 7.37. The highest BCUT2D eigenvalue weighted by Gasteiger charge is 2.19. The van der Waals surface area contributed by atoms with E-state index in [4.69, 9.17) is 16.7 Å². The van der Waals surface area contributed by atoms with Crippen molar-refractivity contribution in [2.24, 2.45) is 5.92 Å². The third-order valence-corrected chi connectivity index (χ3v) is 4.18. The molecule has 4 nitrogen and oxygen atoms in total. The van der Waals surface area contributed by atoms with E-state index in [1.807, 2.05) is 38.1 Å². The molecular formula is C15H20ClNO3S. The molecule has 1 aromatic rings. The Balaban J connectivity index is 2.37. The number of rotatable bonds is 8. The number of hydrogen-bond acceptors (Lipinski definition) is 3. The molecule has 1 aromatic carbocycles. The van der Waals surface area contributed by atoms with Crippen molar-refractivity contribution in [3.05, 3.63) is 34.9 Å². The summed E-state index contributed by atoms with van der Waals surface area (Å²) in [5, 5.41) is 12.3. The van der Waals surface area contributed by atoms with Crippen molar-refractivity contribution >= 4 is 35.2 Å². The number of benzene rings is 1. The minimum atomic E-state index is -0.902. The Labute approximate surface area is 134 Å². The first-order chi connectivity index (χ1) is 9.88. The largest absolute Gasteiger partial charge is 0.481 e. The number of thioether (sulfide) groups is 1. The molecule has 0 aliphatic heterocycles. The summed E-state index contributed by atoms with van der Waals surface area (Å²) < 4.78 is 0. The number of hydrogen-bond donors (Lipinski definition) is 2. The molecule has 0 radical (unpaired) electrons. The third-order valence-electron chi connectivity index (χ3n) is 2.94. The molecule has 0 aliphatic rings. The van der Waals surface area contributed by atoms with Crippen molar-refractivity contribution in [3.8, 4) is 0 Å². The van der Waals surface area contributed by atoms with Crippen LogP contribution in [0.3, 0.4) is 0 Å². The van der Waals surface area contributed by atoms with Crippen LogP contribution in [0.4, 0.5) is 0 Å². The molecule has 1 rings (SSSR count). The first-order valence-corrected chi connectivity index (χ1v) is 8.25. The molecule has 6 heteroatoms. The number of carbonyl (C=O) groups is 2. The van der Waals surface area contributed by atoms with Gasteiger partial charge in [-0.1, -0.05) is 37.6 Å². The Morgan fingerprint density at radius 2 is 2.10 bits per heavy atom. The smallest absolute Gasteiger partial charge is 0.305 e. The van der Waals surface area contributed by atoms with Gasteiger partial charge in [0.05, 0.1) is 12.2 Å². The van der Waals surface area contributed by atoms with E-state index in [-0.39, 0.29) is 24.3 Å². The summed E-state index contributed by atoms with van der Waals surface area (Å²) in [5.41, 5.74) is 1.06. The molecule has 21 heavy (non-hydrogen) atoms. The molecule has 2 N–H and O–H groups in total. The van der Waals surface area contributed by atoms with Crippen LogP contribution in [0.5, 0.6) is 0 Å². The van der Waals surface area contributed by atoms with E-state index in [9.17, 15) is 9.59 Å². The molecule has 0 fully saturated rings. The van der Waals surface area contributed by atoms with E-state index < -0.39 is 5.97 Å². The highest BCUT2D eigenvalue weighted by molar-refractivity contribution is 7.99. The molecule has 0 saturated heterocycles. The fraction of sp³-hybridized carbons (Fsp3) is 0.467. The monoisotopic (exact) mass is 329 g/mol. The summed E-state index contributed by atoms with van der Waals surface area (Å²) in [7, 11) is 0. The van der Waals surface area contributed by atoms with Gasteiger partial charge < -0.3 is 10.4 Å². The lowest BCUT2D eigenvalue weighted by Crippen LogP contribution is -2.41. The molecule has 0 aliphatic carbocycles. The zero-order valence-corrected chi connectivity index (χ0v) is 13.7. The second-order valence-electron chi connectivity index (χ2n) is 5.14. The van der Waals surface area contributed by atoms with Gasteiger partial charge in [0.15, 0.2) is 0 Å². The normalized spacial score (nSPS) is 12.2. The number of nitrogens with one attached hydrogen (secondary N) is 1. The lowest BCUT2D eigenvalue weighted by atomic mass is 10.0. The quantitative estimate of drug-likeness (QED) is 0.768. The Morgan fingerprint density at radius 1 is 1.38 bits per heavy atom. The number of carboxylic acid groups (broad SMARTS) is 1. The molecule has 0 saturated carbocycles. The van der Waals surface area contributed by atoms with E-state index in [1.54, 1.807) is 0 Å². The zero-order valence-electron chi connectivity index (χ0n) is 12.1. The van der Waals surface area contributed by atoms with E-state index in [2.05, 4.69) is 5.32 Å². The van der Waals surface area contributed by atoms with Crippen LogP contribution in [-0.2, 0) is 15.3 Å². The van der Waals surface area contributed by atoms with Crippen LogP contribution in [0.15, 0.2) is 24.3 Å². The number of amides is 1. The van der Waals surface area contributed by atoms with Crippen molar-refractivity contribution in [2.75, 3.05) is 5.75 Å². The first-order valence-electron chi connectivity index (χ1n) is 6.72. The minimum Gasteiger partial charge on any atom is -0.481 e. The average Bonchev–Trinajstić information content (AvgIpc) is 2.37. The first kappa shape index (κ1) is 17.9. The molecule has 1 unspecified atom stereocenters. The lowest BCUT2D eigenvalue weighted by Gasteiger charge is -2.20. The van der Waals surface area contributed by atoms with Crippen LogP contribution in [0.2, 0.25) is 5.02 Å². The molecule has 0 bridgehead atoms. The van der Waals surface area contributed by atoms with E-state index in [0.29, 0.717) is 16.5 Å². The molecule has 1 atom stereocenters. The number of carboxylic acids is 1. The van der Waals surface area contributed by atoms with Crippen molar-refractivity contribution < 1.29 is 14.7 Å². The standard InChI is InChI=1S/C15H20ClNO3S/c1-10(2)13(7-15(19)20)17-14(18)9-21-8-11-4-3-5-12(16)6-11/h3-6,10,13H,7-9H2,1-2H3,(H,17,18)(H,19,20). The van der Waals surface area contributed by atoms with Gasteiger partial charge in [0, 0.05) is 16.8 Å². The van der Waals surface area contributed by atoms with Crippen molar-refractivity contribution in [1.29, 1.82) is 0 Å². The predicted octanol–water partition coefficient (Wildman–Crippen LogP) is 3.19. The second-order valence-corrected chi connectivity index (χ2v) is 6.56. The molecular weight excluding hydrogens is 310 g/mol. The van der Waals surface area contributed by atoms with Crippen molar-refractivity contribution in [2.45, 2.75) is 32.1 Å². The summed E-state index contributed by atoms with van der Waals surface area (Å²) in [6.45, 7) is 3.79. The average molecular weight is 330 g/mol. The lowest BCUT2D eigenvalue weighted by molar-refractivity contribution is -0.138. The van der Waals surface area contributed by atoms with Crippen molar-refractivity contribution in [1.82, 2.24) is 5.32 Å². The van der Waals surface area contributed by atoms with Crippen molar-refractivity contribution in [3.63, 3.8) is 0 Å². The maximum absolute atomic E-state index is 11.8. The zero-order chi connectivity index (χ0) is 15.8. The van der Waals surface area contributed by atoms with Crippen LogP contribution in [0.1, 0.15) is 25.8 Å². The number of aliphatic carboxylic acids is 1. The molecule has 0 aromatic heterocycles. The highest BCUT2D eigenvalue weighted by Crippen LogP contribution is 2.16. The van der Waals surface area contributed by atoms with Gasteiger partial charge in [-0.2, -0.15) is 0 Å². The maximum Gasteiger partial charge on any atom is 0.305 e.